The first-order valence-corrected chi connectivity index (χ1v) is 9.87. The van der Waals surface area contributed by atoms with Crippen molar-refractivity contribution in [2.75, 3.05) is 0 Å². The molecule has 7 nitrogen and oxygen atoms in total. The lowest BCUT2D eigenvalue weighted by Crippen LogP contribution is -2.36. The van der Waals surface area contributed by atoms with Gasteiger partial charge in [0, 0.05) is 18.3 Å². The molecule has 0 spiro atoms. The molecule has 0 aliphatic heterocycles. The SMILES string of the molecule is Cc1cc([N+](=O)[O-])c(S(=O)(=O)N(C2CC2)[C@@H](C)c2ccccn2)cc1C. The first-order valence-electron chi connectivity index (χ1n) is 8.43. The number of aromatic nitrogens is 1. The van der Waals surface area contributed by atoms with Crippen molar-refractivity contribution in [2.45, 2.75) is 50.6 Å². The van der Waals surface area contributed by atoms with Crippen molar-refractivity contribution in [3.8, 4) is 0 Å². The van der Waals surface area contributed by atoms with E-state index in [2.05, 4.69) is 4.98 Å². The van der Waals surface area contributed by atoms with E-state index in [1.165, 1.54) is 16.4 Å². The van der Waals surface area contributed by atoms with Crippen molar-refractivity contribution >= 4 is 15.7 Å². The second kappa shape index (κ2) is 6.77. The lowest BCUT2D eigenvalue weighted by Gasteiger charge is -2.28. The van der Waals surface area contributed by atoms with Gasteiger partial charge in [-0.3, -0.25) is 15.1 Å². The van der Waals surface area contributed by atoms with Crippen LogP contribution in [0.1, 0.15) is 42.6 Å². The van der Waals surface area contributed by atoms with Crippen LogP contribution in [0.4, 0.5) is 5.69 Å². The quantitative estimate of drug-likeness (QED) is 0.569. The van der Waals surface area contributed by atoms with Gasteiger partial charge in [-0.05, 0) is 62.9 Å². The molecule has 2 aromatic rings. The molecule has 0 radical (unpaired) electrons. The summed E-state index contributed by atoms with van der Waals surface area (Å²) >= 11 is 0. The molecule has 26 heavy (non-hydrogen) atoms. The minimum Gasteiger partial charge on any atom is -0.260 e. The van der Waals surface area contributed by atoms with E-state index in [-0.39, 0.29) is 16.6 Å². The molecular weight excluding hydrogens is 354 g/mol. The summed E-state index contributed by atoms with van der Waals surface area (Å²) in [5.41, 5.74) is 1.63. The van der Waals surface area contributed by atoms with E-state index in [0.29, 0.717) is 16.8 Å². The summed E-state index contributed by atoms with van der Waals surface area (Å²) in [4.78, 5) is 14.9. The van der Waals surface area contributed by atoms with E-state index in [1.807, 2.05) is 0 Å². The lowest BCUT2D eigenvalue weighted by molar-refractivity contribution is -0.387. The van der Waals surface area contributed by atoms with Gasteiger partial charge in [0.05, 0.1) is 16.7 Å². The molecule has 1 aliphatic carbocycles. The molecule has 0 N–H and O–H groups in total. The van der Waals surface area contributed by atoms with Crippen molar-refractivity contribution in [2.24, 2.45) is 0 Å². The van der Waals surface area contributed by atoms with Gasteiger partial charge in [-0.25, -0.2) is 8.42 Å². The standard InChI is InChI=1S/C18H21N3O4S/c1-12-10-17(21(22)23)18(11-13(12)2)26(24,25)20(15-7-8-15)14(3)16-6-4-5-9-19-16/h4-6,9-11,14-15H,7-8H2,1-3H3/t14-/m0/s1. The fourth-order valence-corrected chi connectivity index (χ4v) is 5.12. The summed E-state index contributed by atoms with van der Waals surface area (Å²) in [6.45, 7) is 5.25. The zero-order chi connectivity index (χ0) is 19.1. The van der Waals surface area contributed by atoms with Crippen molar-refractivity contribution < 1.29 is 13.3 Å². The van der Waals surface area contributed by atoms with Crippen LogP contribution in [0, 0.1) is 24.0 Å². The minimum atomic E-state index is -4.05. The van der Waals surface area contributed by atoms with Gasteiger partial charge in [0.15, 0.2) is 4.90 Å². The fraction of sp³-hybridized carbons (Fsp3) is 0.389. The van der Waals surface area contributed by atoms with Crippen LogP contribution in [-0.4, -0.2) is 28.7 Å². The van der Waals surface area contributed by atoms with Gasteiger partial charge in [-0.1, -0.05) is 6.07 Å². The second-order valence-corrected chi connectivity index (χ2v) is 8.47. The van der Waals surface area contributed by atoms with E-state index >= 15 is 0 Å². The second-order valence-electron chi connectivity index (χ2n) is 6.66. The fourth-order valence-electron chi connectivity index (χ4n) is 3.04. The Kier molecular flexibility index (Phi) is 4.81. The number of hydrogen-bond donors (Lipinski definition) is 0. The molecule has 8 heteroatoms. The molecule has 0 saturated heterocycles. The molecular formula is C18H21N3O4S. The largest absolute Gasteiger partial charge is 0.289 e. The van der Waals surface area contributed by atoms with Crippen LogP contribution in [0.2, 0.25) is 0 Å². The van der Waals surface area contributed by atoms with Crippen LogP contribution in [0.3, 0.4) is 0 Å². The Hall–Kier alpha value is -2.32. The Balaban J connectivity index is 2.13. The van der Waals surface area contributed by atoms with Gasteiger partial charge >= 0.3 is 0 Å². The molecule has 3 rings (SSSR count). The third kappa shape index (κ3) is 3.34. The number of nitro benzene ring substituents is 1. The highest BCUT2D eigenvalue weighted by atomic mass is 32.2. The Morgan fingerprint density at radius 3 is 2.42 bits per heavy atom. The Labute approximate surface area is 152 Å². The van der Waals surface area contributed by atoms with Crippen LogP contribution in [0.15, 0.2) is 41.4 Å². The van der Waals surface area contributed by atoms with E-state index in [0.717, 1.165) is 12.8 Å². The van der Waals surface area contributed by atoms with Crippen LogP contribution >= 0.6 is 0 Å². The topological polar surface area (TPSA) is 93.4 Å². The van der Waals surface area contributed by atoms with Crippen molar-refractivity contribution in [1.29, 1.82) is 0 Å². The zero-order valence-electron chi connectivity index (χ0n) is 14.9. The van der Waals surface area contributed by atoms with Gasteiger partial charge in [0.2, 0.25) is 0 Å². The molecule has 1 saturated carbocycles. The molecule has 0 bridgehead atoms. The van der Waals surface area contributed by atoms with Gasteiger partial charge in [0.25, 0.3) is 15.7 Å². The van der Waals surface area contributed by atoms with Gasteiger partial charge in [0.1, 0.15) is 0 Å². The number of nitrogens with zero attached hydrogens (tertiary/aromatic N) is 3. The van der Waals surface area contributed by atoms with E-state index < -0.39 is 21.0 Å². The number of pyridine rings is 1. The number of benzene rings is 1. The third-order valence-electron chi connectivity index (χ3n) is 4.73. The Morgan fingerprint density at radius 1 is 1.23 bits per heavy atom. The summed E-state index contributed by atoms with van der Waals surface area (Å²) in [6, 6.07) is 7.41. The summed E-state index contributed by atoms with van der Waals surface area (Å²) in [6.07, 6.45) is 3.10. The third-order valence-corrected chi connectivity index (χ3v) is 6.78. The minimum absolute atomic E-state index is 0.154. The molecule has 138 valence electrons. The molecule has 1 aromatic heterocycles. The zero-order valence-corrected chi connectivity index (χ0v) is 15.7. The molecule has 1 aromatic carbocycles. The number of hydrogen-bond acceptors (Lipinski definition) is 5. The average molecular weight is 375 g/mol. The highest BCUT2D eigenvalue weighted by Gasteiger charge is 2.44. The van der Waals surface area contributed by atoms with E-state index in [1.54, 1.807) is 45.2 Å². The summed E-state index contributed by atoms with van der Waals surface area (Å²) in [5, 5.41) is 11.5. The van der Waals surface area contributed by atoms with Crippen LogP contribution in [0.25, 0.3) is 0 Å². The molecule has 0 unspecified atom stereocenters. The van der Waals surface area contributed by atoms with Crippen molar-refractivity contribution in [3.63, 3.8) is 0 Å². The van der Waals surface area contributed by atoms with Gasteiger partial charge in [-0.2, -0.15) is 4.31 Å². The summed E-state index contributed by atoms with van der Waals surface area (Å²) < 4.78 is 28.2. The van der Waals surface area contributed by atoms with Crippen LogP contribution < -0.4 is 0 Å². The van der Waals surface area contributed by atoms with Gasteiger partial charge in [-0.15, -0.1) is 0 Å². The predicted molar refractivity (Wildman–Crippen MR) is 97.3 cm³/mol. The van der Waals surface area contributed by atoms with E-state index in [9.17, 15) is 18.5 Å². The predicted octanol–water partition coefficient (Wildman–Crippen LogP) is 3.52. The van der Waals surface area contributed by atoms with Crippen molar-refractivity contribution in [3.05, 3.63) is 63.5 Å². The van der Waals surface area contributed by atoms with Gasteiger partial charge < -0.3 is 0 Å². The number of nitro groups is 1. The molecule has 1 heterocycles. The highest BCUT2D eigenvalue weighted by Crippen LogP contribution is 2.41. The monoisotopic (exact) mass is 375 g/mol. The van der Waals surface area contributed by atoms with E-state index in [4.69, 9.17) is 0 Å². The number of sulfonamides is 1. The molecule has 1 fully saturated rings. The molecule has 1 aliphatic rings. The molecule has 1 atom stereocenters. The highest BCUT2D eigenvalue weighted by molar-refractivity contribution is 7.89. The first-order chi connectivity index (χ1) is 12.2. The maximum Gasteiger partial charge on any atom is 0.289 e. The normalized spacial score (nSPS) is 15.8. The first kappa shape index (κ1) is 18.5. The Bertz CT molecular complexity index is 940. The van der Waals surface area contributed by atoms with Crippen molar-refractivity contribution in [1.82, 2.24) is 9.29 Å². The number of aryl methyl sites for hydroxylation is 2. The maximum absolute atomic E-state index is 13.4. The number of rotatable bonds is 6. The summed E-state index contributed by atoms with van der Waals surface area (Å²) in [7, 11) is -4.05. The maximum atomic E-state index is 13.4. The summed E-state index contributed by atoms with van der Waals surface area (Å²) in [5.74, 6) is 0. The van der Waals surface area contributed by atoms with Crippen LogP contribution in [-0.2, 0) is 10.0 Å². The van der Waals surface area contributed by atoms with Crippen LogP contribution in [0.5, 0.6) is 0 Å². The lowest BCUT2D eigenvalue weighted by atomic mass is 10.1. The molecule has 0 amide bonds. The average Bonchev–Trinajstić information content (AvgIpc) is 3.42. The smallest absolute Gasteiger partial charge is 0.260 e. The Morgan fingerprint density at radius 2 is 1.88 bits per heavy atom.